The normalized spacial score (nSPS) is 22.1. The van der Waals surface area contributed by atoms with E-state index in [1.165, 1.54) is 4.90 Å². The summed E-state index contributed by atoms with van der Waals surface area (Å²) in [5.74, 6) is 0. The number of nitrogens with one attached hydrogen (secondary N) is 1. The van der Waals surface area contributed by atoms with E-state index in [9.17, 15) is 0 Å². The number of rotatable bonds is 1. The molecule has 0 amide bonds. The van der Waals surface area contributed by atoms with E-state index in [-0.39, 0.29) is 5.50 Å². The number of nitrogens with zero attached hydrogens (tertiary/aromatic N) is 1. The van der Waals surface area contributed by atoms with Gasteiger partial charge in [-0.2, -0.15) is 0 Å². The van der Waals surface area contributed by atoms with E-state index in [0.29, 0.717) is 0 Å². The first-order chi connectivity index (χ1) is 7.16. The molecule has 1 atom stereocenters. The van der Waals surface area contributed by atoms with Crippen molar-refractivity contribution in [3.63, 3.8) is 0 Å². The smallest absolute Gasteiger partial charge is 0.135 e. The van der Waals surface area contributed by atoms with Crippen molar-refractivity contribution in [2.24, 2.45) is 0 Å². The van der Waals surface area contributed by atoms with E-state index in [4.69, 9.17) is 11.6 Å². The van der Waals surface area contributed by atoms with E-state index < -0.39 is 0 Å². The fourth-order valence-corrected chi connectivity index (χ4v) is 2.78. The molecule has 0 fully saturated rings. The molecule has 15 heavy (non-hydrogen) atoms. The topological polar surface area (TPSA) is 15.3 Å². The Morgan fingerprint density at radius 1 is 1.40 bits per heavy atom. The number of fused-ring (bicyclic) bond motifs is 1. The highest BCUT2D eigenvalue weighted by Gasteiger charge is 2.20. The quantitative estimate of drug-likeness (QED) is 0.600. The molecule has 80 valence electrons. The second kappa shape index (κ2) is 4.37. The number of anilines is 1. The summed E-state index contributed by atoms with van der Waals surface area (Å²) >= 11 is 7.95. The molecule has 0 bridgehead atoms. The Morgan fingerprint density at radius 3 is 2.87 bits per heavy atom. The highest BCUT2D eigenvalue weighted by molar-refractivity contribution is 8.03. The zero-order valence-corrected chi connectivity index (χ0v) is 10.3. The van der Waals surface area contributed by atoms with Crippen LogP contribution in [0.25, 0.3) is 0 Å². The molecule has 1 N–H and O–H groups in total. The fraction of sp³-hybridized carbons (Fsp3) is 0.273. The zero-order chi connectivity index (χ0) is 10.8. The maximum atomic E-state index is 6.23. The molecule has 1 aromatic carbocycles. The van der Waals surface area contributed by atoms with Crippen molar-refractivity contribution in [1.29, 1.82) is 0 Å². The van der Waals surface area contributed by atoms with Crippen molar-refractivity contribution >= 4 is 29.1 Å². The van der Waals surface area contributed by atoms with Crippen LogP contribution in [0.3, 0.4) is 0 Å². The third-order valence-corrected chi connectivity index (χ3v) is 3.66. The van der Waals surface area contributed by atoms with Crippen LogP contribution in [0.2, 0.25) is 0 Å². The average Bonchev–Trinajstić information content (AvgIpc) is 2.18. The molecular weight excluding hydrogens is 228 g/mol. The number of halogens is 1. The summed E-state index contributed by atoms with van der Waals surface area (Å²) in [6.45, 7) is 0. The Kier molecular flexibility index (Phi) is 3.12. The Bertz CT molecular complexity index is 390. The van der Waals surface area contributed by atoms with Crippen molar-refractivity contribution in [2.75, 3.05) is 19.4 Å². The number of para-hydroxylation sites is 1. The van der Waals surface area contributed by atoms with Crippen LogP contribution in [0.5, 0.6) is 0 Å². The Morgan fingerprint density at radius 2 is 2.13 bits per heavy atom. The van der Waals surface area contributed by atoms with Gasteiger partial charge in [0.1, 0.15) is 5.50 Å². The summed E-state index contributed by atoms with van der Waals surface area (Å²) in [6, 6.07) is 8.19. The van der Waals surface area contributed by atoms with Crippen molar-refractivity contribution in [1.82, 2.24) is 4.90 Å². The molecule has 1 aromatic rings. The van der Waals surface area contributed by atoms with Gasteiger partial charge < -0.3 is 10.2 Å². The molecule has 4 heteroatoms. The molecule has 0 saturated carbocycles. The summed E-state index contributed by atoms with van der Waals surface area (Å²) in [7, 11) is 4.00. The van der Waals surface area contributed by atoms with Crippen LogP contribution in [0.15, 0.2) is 40.3 Å². The molecule has 0 aliphatic carbocycles. The van der Waals surface area contributed by atoms with Crippen LogP contribution in [0.4, 0.5) is 5.69 Å². The molecule has 0 aromatic heterocycles. The van der Waals surface area contributed by atoms with Crippen molar-refractivity contribution < 1.29 is 0 Å². The van der Waals surface area contributed by atoms with Gasteiger partial charge in [-0.25, -0.2) is 0 Å². The third-order valence-electron chi connectivity index (χ3n) is 2.03. The number of hydrogen-bond donors (Lipinski definition) is 1. The minimum Gasteiger partial charge on any atom is -0.383 e. The predicted octanol–water partition coefficient (Wildman–Crippen LogP) is 3.17. The molecule has 2 rings (SSSR count). The molecule has 1 aliphatic heterocycles. The molecule has 0 radical (unpaired) electrons. The molecule has 2 nitrogen and oxygen atoms in total. The lowest BCUT2D eigenvalue weighted by Gasteiger charge is -2.25. The van der Waals surface area contributed by atoms with E-state index in [2.05, 4.69) is 11.4 Å². The highest BCUT2D eigenvalue weighted by atomic mass is 35.5. The number of alkyl halides is 1. The molecular formula is C11H13ClN2S. The van der Waals surface area contributed by atoms with E-state index in [0.717, 1.165) is 10.6 Å². The van der Waals surface area contributed by atoms with Crippen LogP contribution in [0.1, 0.15) is 0 Å². The van der Waals surface area contributed by atoms with Crippen molar-refractivity contribution in [3.05, 3.63) is 35.4 Å². The second-order valence-corrected chi connectivity index (χ2v) is 5.15. The Labute approximate surface area is 99.3 Å². The molecule has 1 aliphatic rings. The average molecular weight is 241 g/mol. The predicted molar refractivity (Wildman–Crippen MR) is 67.3 cm³/mol. The van der Waals surface area contributed by atoms with Gasteiger partial charge in [-0.15, -0.1) is 0 Å². The van der Waals surface area contributed by atoms with Gasteiger partial charge in [0.05, 0.1) is 0 Å². The number of thioether (sulfide) groups is 1. The van der Waals surface area contributed by atoms with Gasteiger partial charge in [0.15, 0.2) is 0 Å². The standard InChI is InChI=1S/C11H13ClN2S/c1-14(2)7-10-11(12)13-8-5-3-4-6-9(8)15-10/h3-7,11,13H,1-2H3/b10-7+. The van der Waals surface area contributed by atoms with Crippen LogP contribution < -0.4 is 5.32 Å². The molecule has 1 heterocycles. The van der Waals surface area contributed by atoms with Gasteiger partial charge in [-0.3, -0.25) is 0 Å². The first kappa shape index (κ1) is 10.7. The van der Waals surface area contributed by atoms with Gasteiger partial charge >= 0.3 is 0 Å². The maximum absolute atomic E-state index is 6.23. The van der Waals surface area contributed by atoms with Crippen LogP contribution >= 0.6 is 23.4 Å². The van der Waals surface area contributed by atoms with Crippen LogP contribution in [0, 0.1) is 0 Å². The van der Waals surface area contributed by atoms with Crippen molar-refractivity contribution in [3.8, 4) is 0 Å². The maximum Gasteiger partial charge on any atom is 0.135 e. The summed E-state index contributed by atoms with van der Waals surface area (Å²) in [6.07, 6.45) is 2.05. The van der Waals surface area contributed by atoms with Crippen LogP contribution in [-0.4, -0.2) is 24.5 Å². The lowest BCUT2D eigenvalue weighted by molar-refractivity contribution is 0.560. The SMILES string of the molecule is CN(C)/C=C1/Sc2ccccc2NC1Cl. The minimum atomic E-state index is -0.132. The molecule has 1 unspecified atom stereocenters. The van der Waals surface area contributed by atoms with Gasteiger partial charge in [0.25, 0.3) is 0 Å². The van der Waals surface area contributed by atoms with Crippen molar-refractivity contribution in [2.45, 2.75) is 10.4 Å². The second-order valence-electron chi connectivity index (χ2n) is 3.60. The summed E-state index contributed by atoms with van der Waals surface area (Å²) in [4.78, 5) is 4.36. The fourth-order valence-electron chi connectivity index (χ4n) is 1.41. The van der Waals surface area contributed by atoms with E-state index >= 15 is 0 Å². The summed E-state index contributed by atoms with van der Waals surface area (Å²) < 4.78 is 0. The van der Waals surface area contributed by atoms with Gasteiger partial charge in [-0.05, 0) is 12.1 Å². The van der Waals surface area contributed by atoms with E-state index in [1.54, 1.807) is 11.8 Å². The highest BCUT2D eigenvalue weighted by Crippen LogP contribution is 2.41. The number of hydrogen-bond acceptors (Lipinski definition) is 3. The molecule has 0 spiro atoms. The van der Waals surface area contributed by atoms with Crippen LogP contribution in [-0.2, 0) is 0 Å². The lowest BCUT2D eigenvalue weighted by atomic mass is 10.3. The van der Waals surface area contributed by atoms with Gasteiger partial charge in [0, 0.05) is 35.8 Å². The van der Waals surface area contributed by atoms with Gasteiger partial charge in [-0.1, -0.05) is 35.5 Å². The Balaban J connectivity index is 2.29. The number of benzene rings is 1. The monoisotopic (exact) mass is 240 g/mol. The zero-order valence-electron chi connectivity index (χ0n) is 8.70. The largest absolute Gasteiger partial charge is 0.383 e. The lowest BCUT2D eigenvalue weighted by Crippen LogP contribution is -2.19. The van der Waals surface area contributed by atoms with E-state index in [1.807, 2.05) is 43.4 Å². The summed E-state index contributed by atoms with van der Waals surface area (Å²) in [5, 5.41) is 3.26. The summed E-state index contributed by atoms with van der Waals surface area (Å²) in [5.41, 5.74) is 0.978. The minimum absolute atomic E-state index is 0.132. The first-order valence-electron chi connectivity index (χ1n) is 4.72. The van der Waals surface area contributed by atoms with Gasteiger partial charge in [0.2, 0.25) is 0 Å². The Hall–Kier alpha value is -0.800. The molecule has 0 saturated heterocycles. The first-order valence-corrected chi connectivity index (χ1v) is 5.98. The third kappa shape index (κ3) is 2.41.